The van der Waals surface area contributed by atoms with E-state index in [2.05, 4.69) is 16.7 Å². The van der Waals surface area contributed by atoms with Gasteiger partial charge in [-0.1, -0.05) is 6.58 Å². The molecule has 0 aliphatic heterocycles. The molecule has 0 atom stereocenters. The van der Waals surface area contributed by atoms with Gasteiger partial charge in [0.25, 0.3) is 0 Å². The van der Waals surface area contributed by atoms with Crippen molar-refractivity contribution in [3.05, 3.63) is 35.4 Å². The number of nitroso groups, excluding NO2 is 1. The summed E-state index contributed by atoms with van der Waals surface area (Å²) in [6.07, 6.45) is 3.94. The number of hydrogen-bond acceptors (Lipinski definition) is 3. The average Bonchev–Trinajstić information content (AvgIpc) is 2.35. The number of rotatable bonds is 3. The fourth-order valence-corrected chi connectivity index (χ4v) is 0.800. The summed E-state index contributed by atoms with van der Waals surface area (Å²) in [4.78, 5) is 13.9. The number of nitrogens with zero attached hydrogens (tertiary/aromatic N) is 3. The van der Waals surface area contributed by atoms with Gasteiger partial charge in [0.2, 0.25) is 0 Å². The first-order chi connectivity index (χ1) is 5.22. The van der Waals surface area contributed by atoms with Gasteiger partial charge >= 0.3 is 0 Å². The van der Waals surface area contributed by atoms with Gasteiger partial charge in [0.15, 0.2) is 0 Å². The summed E-state index contributed by atoms with van der Waals surface area (Å²) < 4.78 is 1.81. The first kappa shape index (κ1) is 7.65. The van der Waals surface area contributed by atoms with Crippen LogP contribution < -0.4 is 0 Å². The Balaban J connectivity index is 2.64. The lowest BCUT2D eigenvalue weighted by molar-refractivity contribution is 0.912. The highest BCUT2D eigenvalue weighted by molar-refractivity contribution is 5.07. The van der Waals surface area contributed by atoms with Gasteiger partial charge in [-0.2, -0.15) is 0 Å². The molecule has 0 bridgehead atoms. The number of aryl methyl sites for hydroxylation is 1. The Morgan fingerprint density at radius 1 is 1.91 bits per heavy atom. The van der Waals surface area contributed by atoms with E-state index in [1.54, 1.807) is 6.33 Å². The second-order valence-corrected chi connectivity index (χ2v) is 2.36. The number of allylic oxidation sites excluding steroid dienone is 1. The van der Waals surface area contributed by atoms with Gasteiger partial charge in [-0.3, -0.25) is 0 Å². The molecule has 0 spiro atoms. The van der Waals surface area contributed by atoms with Crippen LogP contribution in [0.25, 0.3) is 0 Å². The summed E-state index contributed by atoms with van der Waals surface area (Å²) in [7, 11) is 1.87. The fourth-order valence-electron chi connectivity index (χ4n) is 0.800. The van der Waals surface area contributed by atoms with E-state index < -0.39 is 0 Å². The molecule has 0 unspecified atom stereocenters. The number of aromatic nitrogens is 2. The Labute approximate surface area is 64.5 Å². The molecule has 0 amide bonds. The van der Waals surface area contributed by atoms with Gasteiger partial charge in [-0.15, -0.1) is 4.91 Å². The maximum Gasteiger partial charge on any atom is 0.0946 e. The molecule has 0 saturated carbocycles. The second-order valence-electron chi connectivity index (χ2n) is 2.36. The number of hydrogen-bond donors (Lipinski definition) is 0. The summed E-state index contributed by atoms with van der Waals surface area (Å²) in [6.45, 7) is 3.45. The van der Waals surface area contributed by atoms with Crippen molar-refractivity contribution < 1.29 is 0 Å². The highest BCUT2D eigenvalue weighted by atomic mass is 16.3. The standard InChI is InChI=1S/C7H9N3O/c1-6(9-11)3-7-4-10(2)5-8-7/h4-5H,1,3H2,2H3. The summed E-state index contributed by atoms with van der Waals surface area (Å²) in [5.74, 6) is 0. The molecule has 4 heteroatoms. The van der Waals surface area contributed by atoms with Gasteiger partial charge in [0.05, 0.1) is 17.7 Å². The molecule has 1 aromatic rings. The average molecular weight is 151 g/mol. The third-order valence-corrected chi connectivity index (χ3v) is 1.27. The molecule has 1 rings (SSSR count). The van der Waals surface area contributed by atoms with Crippen molar-refractivity contribution in [1.82, 2.24) is 9.55 Å². The van der Waals surface area contributed by atoms with E-state index in [0.29, 0.717) is 12.1 Å². The molecule has 0 saturated heterocycles. The molecular formula is C7H9N3O. The van der Waals surface area contributed by atoms with E-state index in [1.165, 1.54) is 0 Å². The largest absolute Gasteiger partial charge is 0.340 e. The van der Waals surface area contributed by atoms with Crippen LogP contribution in [0.15, 0.2) is 30.0 Å². The van der Waals surface area contributed by atoms with Crippen molar-refractivity contribution in [2.24, 2.45) is 12.2 Å². The minimum atomic E-state index is 0.309. The smallest absolute Gasteiger partial charge is 0.0946 e. The van der Waals surface area contributed by atoms with E-state index in [0.717, 1.165) is 5.69 Å². The molecule has 0 fully saturated rings. The second kappa shape index (κ2) is 3.09. The predicted octanol–water partition coefficient (Wildman–Crippen LogP) is 1.24. The molecule has 1 aromatic heterocycles. The van der Waals surface area contributed by atoms with E-state index in [-0.39, 0.29) is 0 Å². The van der Waals surface area contributed by atoms with Gasteiger partial charge in [-0.05, 0) is 5.18 Å². The highest BCUT2D eigenvalue weighted by Crippen LogP contribution is 2.03. The highest BCUT2D eigenvalue weighted by Gasteiger charge is 1.98. The van der Waals surface area contributed by atoms with Crippen LogP contribution in [0.3, 0.4) is 0 Å². The maximum absolute atomic E-state index is 9.93. The van der Waals surface area contributed by atoms with Crippen LogP contribution in [0.4, 0.5) is 0 Å². The minimum Gasteiger partial charge on any atom is -0.340 e. The Morgan fingerprint density at radius 3 is 3.09 bits per heavy atom. The number of imidazole rings is 1. The topological polar surface area (TPSA) is 47.2 Å². The van der Waals surface area contributed by atoms with Crippen molar-refractivity contribution in [2.75, 3.05) is 0 Å². The summed E-state index contributed by atoms with van der Waals surface area (Å²) in [6, 6.07) is 0. The lowest BCUT2D eigenvalue weighted by Crippen LogP contribution is -1.85. The van der Waals surface area contributed by atoms with Crippen LogP contribution in [0.2, 0.25) is 0 Å². The SMILES string of the molecule is C=C(Cc1cn(C)cn1)N=O. The molecule has 0 N–H and O–H groups in total. The van der Waals surface area contributed by atoms with Crippen molar-refractivity contribution in [3.63, 3.8) is 0 Å². The van der Waals surface area contributed by atoms with Gasteiger partial charge in [-0.25, -0.2) is 4.98 Å². The van der Waals surface area contributed by atoms with Crippen LogP contribution >= 0.6 is 0 Å². The van der Waals surface area contributed by atoms with Crippen molar-refractivity contribution in [2.45, 2.75) is 6.42 Å². The van der Waals surface area contributed by atoms with E-state index in [4.69, 9.17) is 0 Å². The zero-order valence-electron chi connectivity index (χ0n) is 6.32. The minimum absolute atomic E-state index is 0.309. The fraction of sp³-hybridized carbons (Fsp3) is 0.286. The van der Waals surface area contributed by atoms with Crippen LogP contribution in [0.1, 0.15) is 5.69 Å². The Hall–Kier alpha value is -1.45. The van der Waals surface area contributed by atoms with Crippen LogP contribution in [0.5, 0.6) is 0 Å². The first-order valence-electron chi connectivity index (χ1n) is 3.20. The van der Waals surface area contributed by atoms with Gasteiger partial charge in [0, 0.05) is 19.7 Å². The lowest BCUT2D eigenvalue weighted by atomic mass is 10.3. The van der Waals surface area contributed by atoms with E-state index in [9.17, 15) is 4.91 Å². The summed E-state index contributed by atoms with van der Waals surface area (Å²) >= 11 is 0. The molecule has 0 aliphatic carbocycles. The van der Waals surface area contributed by atoms with Crippen LogP contribution in [0, 0.1) is 4.91 Å². The Kier molecular flexibility index (Phi) is 2.15. The molecule has 11 heavy (non-hydrogen) atoms. The Bertz CT molecular complexity index is 277. The molecular weight excluding hydrogens is 142 g/mol. The summed E-state index contributed by atoms with van der Waals surface area (Å²) in [5.41, 5.74) is 1.13. The maximum atomic E-state index is 9.93. The molecule has 0 aromatic carbocycles. The molecule has 1 heterocycles. The quantitative estimate of drug-likeness (QED) is 0.610. The lowest BCUT2D eigenvalue weighted by Gasteiger charge is -1.89. The van der Waals surface area contributed by atoms with Crippen LogP contribution in [-0.2, 0) is 13.5 Å². The monoisotopic (exact) mass is 151 g/mol. The van der Waals surface area contributed by atoms with E-state index in [1.807, 2.05) is 17.8 Å². The molecule has 58 valence electrons. The van der Waals surface area contributed by atoms with Gasteiger partial charge in [0.1, 0.15) is 0 Å². The third-order valence-electron chi connectivity index (χ3n) is 1.27. The zero-order valence-corrected chi connectivity index (χ0v) is 6.32. The molecule has 0 aliphatic rings. The van der Waals surface area contributed by atoms with E-state index >= 15 is 0 Å². The van der Waals surface area contributed by atoms with Gasteiger partial charge < -0.3 is 4.57 Å². The zero-order chi connectivity index (χ0) is 8.27. The van der Waals surface area contributed by atoms with Crippen molar-refractivity contribution in [3.8, 4) is 0 Å². The predicted molar refractivity (Wildman–Crippen MR) is 41.8 cm³/mol. The van der Waals surface area contributed by atoms with Crippen molar-refractivity contribution in [1.29, 1.82) is 0 Å². The normalized spacial score (nSPS) is 9.55. The van der Waals surface area contributed by atoms with Crippen molar-refractivity contribution >= 4 is 0 Å². The summed E-state index contributed by atoms with van der Waals surface area (Å²) in [5, 5.41) is 2.70. The first-order valence-corrected chi connectivity index (χ1v) is 3.20. The molecule has 0 radical (unpaired) electrons. The third kappa shape index (κ3) is 2.00. The van der Waals surface area contributed by atoms with Crippen LogP contribution in [-0.4, -0.2) is 9.55 Å². The Morgan fingerprint density at radius 2 is 2.64 bits per heavy atom. The molecule has 4 nitrogen and oxygen atoms in total.